The first-order valence-electron chi connectivity index (χ1n) is 3.89. The summed E-state index contributed by atoms with van der Waals surface area (Å²) < 4.78 is 0. The molecule has 1 heterocycles. The van der Waals surface area contributed by atoms with Gasteiger partial charge in [-0.05, 0) is 25.3 Å². The highest BCUT2D eigenvalue weighted by molar-refractivity contribution is 7.15. The molecule has 0 atom stereocenters. The molecule has 0 aliphatic heterocycles. The number of amides is 1. The van der Waals surface area contributed by atoms with Crippen LogP contribution in [0.1, 0.15) is 13.8 Å². The van der Waals surface area contributed by atoms with Crippen LogP contribution in [-0.4, -0.2) is 17.2 Å². The zero-order valence-corrected chi connectivity index (χ0v) is 8.34. The Balaban J connectivity index is 3.02. The summed E-state index contributed by atoms with van der Waals surface area (Å²) in [5.74, 6) is 0. The van der Waals surface area contributed by atoms with Crippen molar-refractivity contribution in [3.8, 4) is 0 Å². The van der Waals surface area contributed by atoms with E-state index in [0.29, 0.717) is 10.7 Å². The van der Waals surface area contributed by atoms with Crippen molar-refractivity contribution < 1.29 is 9.90 Å². The molecule has 0 bridgehead atoms. The van der Waals surface area contributed by atoms with Gasteiger partial charge in [-0.2, -0.15) is 0 Å². The second-order valence-electron chi connectivity index (χ2n) is 2.93. The highest BCUT2D eigenvalue weighted by atomic mass is 32.1. The molecule has 4 nitrogen and oxygen atoms in total. The van der Waals surface area contributed by atoms with Crippen LogP contribution < -0.4 is 10.6 Å². The normalized spacial score (nSPS) is 10.4. The number of nitrogens with two attached hydrogens (primary N) is 1. The van der Waals surface area contributed by atoms with Crippen molar-refractivity contribution in [2.75, 3.05) is 10.6 Å². The fraction of sp³-hybridized carbons (Fsp3) is 0.375. The van der Waals surface area contributed by atoms with Crippen LogP contribution in [-0.2, 0) is 0 Å². The average molecular weight is 200 g/mol. The maximum absolute atomic E-state index is 10.9. The van der Waals surface area contributed by atoms with Crippen LogP contribution in [0.15, 0.2) is 11.4 Å². The Morgan fingerprint density at radius 2 is 2.31 bits per heavy atom. The largest absolute Gasteiger partial charge is 0.465 e. The van der Waals surface area contributed by atoms with Crippen molar-refractivity contribution in [2.24, 2.45) is 0 Å². The number of anilines is 2. The average Bonchev–Trinajstić information content (AvgIpc) is 2.35. The maximum Gasteiger partial charge on any atom is 0.412 e. The maximum atomic E-state index is 10.9. The number of rotatable bonds is 2. The summed E-state index contributed by atoms with van der Waals surface area (Å²) in [5, 5.41) is 11.3. The van der Waals surface area contributed by atoms with E-state index in [2.05, 4.69) is 0 Å². The molecular formula is C8H12N2O2S. The molecule has 0 aromatic carbocycles. The van der Waals surface area contributed by atoms with Crippen molar-refractivity contribution in [1.29, 1.82) is 0 Å². The van der Waals surface area contributed by atoms with Crippen LogP contribution in [0, 0.1) is 0 Å². The van der Waals surface area contributed by atoms with Crippen LogP contribution in [0.25, 0.3) is 0 Å². The van der Waals surface area contributed by atoms with Gasteiger partial charge < -0.3 is 10.8 Å². The van der Waals surface area contributed by atoms with Crippen LogP contribution in [0.5, 0.6) is 0 Å². The molecule has 1 aromatic rings. The van der Waals surface area contributed by atoms with E-state index in [1.807, 2.05) is 13.8 Å². The van der Waals surface area contributed by atoms with Gasteiger partial charge in [0.1, 0.15) is 5.00 Å². The molecule has 0 unspecified atom stereocenters. The highest BCUT2D eigenvalue weighted by Gasteiger charge is 2.20. The predicted octanol–water partition coefficient (Wildman–Crippen LogP) is 2.22. The van der Waals surface area contributed by atoms with E-state index in [4.69, 9.17) is 10.8 Å². The van der Waals surface area contributed by atoms with Gasteiger partial charge in [-0.25, -0.2) is 4.79 Å². The van der Waals surface area contributed by atoms with Gasteiger partial charge in [0, 0.05) is 6.04 Å². The molecular weight excluding hydrogens is 188 g/mol. The number of carbonyl (C=O) groups is 1. The fourth-order valence-corrected chi connectivity index (χ4v) is 2.00. The molecule has 0 spiro atoms. The first kappa shape index (κ1) is 9.85. The Hall–Kier alpha value is -1.23. The topological polar surface area (TPSA) is 66.6 Å². The lowest BCUT2D eigenvalue weighted by atomic mass is 10.3. The van der Waals surface area contributed by atoms with E-state index in [0.717, 1.165) is 0 Å². The minimum absolute atomic E-state index is 0.0987. The van der Waals surface area contributed by atoms with Gasteiger partial charge in [0.15, 0.2) is 0 Å². The Morgan fingerprint density at radius 3 is 2.62 bits per heavy atom. The van der Waals surface area contributed by atoms with Crippen molar-refractivity contribution in [3.63, 3.8) is 0 Å². The van der Waals surface area contributed by atoms with E-state index < -0.39 is 6.09 Å². The predicted molar refractivity (Wildman–Crippen MR) is 54.4 cm³/mol. The summed E-state index contributed by atoms with van der Waals surface area (Å²) in [5.41, 5.74) is 6.14. The van der Waals surface area contributed by atoms with Crippen LogP contribution in [0.4, 0.5) is 15.5 Å². The lowest BCUT2D eigenvalue weighted by molar-refractivity contribution is 0.200. The second kappa shape index (κ2) is 3.66. The summed E-state index contributed by atoms with van der Waals surface area (Å²) in [7, 11) is 0. The molecule has 1 amide bonds. The van der Waals surface area contributed by atoms with Gasteiger partial charge in [0.05, 0.1) is 5.69 Å². The van der Waals surface area contributed by atoms with Gasteiger partial charge >= 0.3 is 6.09 Å². The molecule has 13 heavy (non-hydrogen) atoms. The zero-order chi connectivity index (χ0) is 10.0. The lowest BCUT2D eigenvalue weighted by Crippen LogP contribution is -2.35. The van der Waals surface area contributed by atoms with Gasteiger partial charge in [0.25, 0.3) is 0 Å². The molecule has 1 rings (SSSR count). The Labute approximate surface area is 80.6 Å². The fourth-order valence-electron chi connectivity index (χ4n) is 1.05. The molecule has 72 valence electrons. The van der Waals surface area contributed by atoms with Crippen molar-refractivity contribution in [1.82, 2.24) is 0 Å². The summed E-state index contributed by atoms with van der Waals surface area (Å²) >= 11 is 1.33. The van der Waals surface area contributed by atoms with Crippen molar-refractivity contribution in [3.05, 3.63) is 11.4 Å². The number of nitrogen functional groups attached to an aromatic ring is 1. The molecule has 3 N–H and O–H groups in total. The van der Waals surface area contributed by atoms with Crippen molar-refractivity contribution in [2.45, 2.75) is 19.9 Å². The van der Waals surface area contributed by atoms with Gasteiger partial charge in [-0.1, -0.05) is 0 Å². The van der Waals surface area contributed by atoms with Crippen LogP contribution in [0.3, 0.4) is 0 Å². The minimum atomic E-state index is -0.968. The highest BCUT2D eigenvalue weighted by Crippen LogP contribution is 2.31. The molecule has 0 aliphatic carbocycles. The molecule has 0 fully saturated rings. The van der Waals surface area contributed by atoms with Gasteiger partial charge in [0.2, 0.25) is 0 Å². The standard InChI is InChI=1S/C8H12N2O2S/c1-5(2)10(8(11)12)7-6(9)3-4-13-7/h3-5H,9H2,1-2H3,(H,11,12). The van der Waals surface area contributed by atoms with E-state index in [-0.39, 0.29) is 6.04 Å². The third-order valence-electron chi connectivity index (χ3n) is 1.62. The molecule has 0 saturated carbocycles. The number of nitrogens with zero attached hydrogens (tertiary/aromatic N) is 1. The minimum Gasteiger partial charge on any atom is -0.465 e. The quantitative estimate of drug-likeness (QED) is 0.769. The smallest absolute Gasteiger partial charge is 0.412 e. The Morgan fingerprint density at radius 1 is 1.69 bits per heavy atom. The Kier molecular flexibility index (Phi) is 2.77. The van der Waals surface area contributed by atoms with Gasteiger partial charge in [-0.3, -0.25) is 4.90 Å². The lowest BCUT2D eigenvalue weighted by Gasteiger charge is -2.22. The van der Waals surface area contributed by atoms with Gasteiger partial charge in [-0.15, -0.1) is 11.3 Å². The Bertz CT molecular complexity index is 309. The van der Waals surface area contributed by atoms with E-state index in [9.17, 15) is 4.79 Å². The van der Waals surface area contributed by atoms with E-state index >= 15 is 0 Å². The van der Waals surface area contributed by atoms with Crippen molar-refractivity contribution >= 4 is 28.1 Å². The number of thiophene rings is 1. The van der Waals surface area contributed by atoms with Crippen LogP contribution in [0.2, 0.25) is 0 Å². The molecule has 0 saturated heterocycles. The summed E-state index contributed by atoms with van der Waals surface area (Å²) in [4.78, 5) is 12.1. The molecule has 0 aliphatic rings. The third-order valence-corrected chi connectivity index (χ3v) is 2.54. The summed E-state index contributed by atoms with van der Waals surface area (Å²) in [6, 6.07) is 1.61. The molecule has 0 radical (unpaired) electrons. The van der Waals surface area contributed by atoms with E-state index in [1.54, 1.807) is 11.4 Å². The number of hydrogen-bond acceptors (Lipinski definition) is 3. The monoisotopic (exact) mass is 200 g/mol. The molecule has 1 aromatic heterocycles. The van der Waals surface area contributed by atoms with Crippen LogP contribution >= 0.6 is 11.3 Å². The third kappa shape index (κ3) is 1.92. The summed E-state index contributed by atoms with van der Waals surface area (Å²) in [6.07, 6.45) is -0.968. The SMILES string of the molecule is CC(C)N(C(=O)O)c1sccc1N. The zero-order valence-electron chi connectivity index (χ0n) is 7.52. The molecule has 5 heteroatoms. The summed E-state index contributed by atoms with van der Waals surface area (Å²) in [6.45, 7) is 3.63. The van der Waals surface area contributed by atoms with E-state index in [1.165, 1.54) is 16.2 Å². The second-order valence-corrected chi connectivity index (χ2v) is 3.82. The number of carboxylic acid groups (broad SMARTS) is 1. The first-order valence-corrected chi connectivity index (χ1v) is 4.77. The first-order chi connectivity index (χ1) is 6.04. The number of hydrogen-bond donors (Lipinski definition) is 2.